The van der Waals surface area contributed by atoms with E-state index in [0.717, 1.165) is 37.2 Å². The van der Waals surface area contributed by atoms with Gasteiger partial charge in [0.25, 0.3) is 0 Å². The van der Waals surface area contributed by atoms with Crippen LogP contribution < -0.4 is 10.6 Å². The van der Waals surface area contributed by atoms with Crippen molar-refractivity contribution in [2.24, 2.45) is 0 Å². The molecule has 1 saturated carbocycles. The van der Waals surface area contributed by atoms with Crippen LogP contribution in [0, 0.1) is 5.82 Å². The van der Waals surface area contributed by atoms with Crippen molar-refractivity contribution in [3.63, 3.8) is 0 Å². The van der Waals surface area contributed by atoms with Gasteiger partial charge in [-0.05, 0) is 50.8 Å². The Morgan fingerprint density at radius 2 is 2.03 bits per heavy atom. The van der Waals surface area contributed by atoms with E-state index < -0.39 is 5.82 Å². The average molecular weight is 448 g/mol. The zero-order chi connectivity index (χ0) is 22.0. The van der Waals surface area contributed by atoms with Crippen molar-refractivity contribution in [3.05, 3.63) is 46.9 Å². The average Bonchev–Trinajstić information content (AvgIpc) is 3.48. The number of amides is 1. The summed E-state index contributed by atoms with van der Waals surface area (Å²) < 4.78 is 16.1. The molecule has 2 atom stereocenters. The van der Waals surface area contributed by atoms with Crippen molar-refractivity contribution in [2.45, 2.75) is 70.1 Å². The molecule has 2 aromatic rings. The lowest BCUT2D eigenvalue weighted by Crippen LogP contribution is -2.41. The molecule has 1 aromatic heterocycles. The summed E-state index contributed by atoms with van der Waals surface area (Å²) in [4.78, 5) is 15.0. The highest BCUT2D eigenvalue weighted by Crippen LogP contribution is 2.35. The van der Waals surface area contributed by atoms with Gasteiger partial charge in [-0.25, -0.2) is 9.07 Å². The summed E-state index contributed by atoms with van der Waals surface area (Å²) in [6, 6.07) is 7.58. The smallest absolute Gasteiger partial charge is 0.239 e. The van der Waals surface area contributed by atoms with Crippen LogP contribution in [0.5, 0.6) is 0 Å². The number of likely N-dealkylation sites (tertiary alicyclic amines) is 1. The molecule has 4 rings (SSSR count). The molecule has 31 heavy (non-hydrogen) atoms. The fourth-order valence-electron chi connectivity index (χ4n) is 4.99. The Hall–Kier alpha value is -1.96. The molecule has 1 aromatic carbocycles. The summed E-state index contributed by atoms with van der Waals surface area (Å²) in [6.45, 7) is 5.36. The fourth-order valence-corrected chi connectivity index (χ4v) is 5.11. The summed E-state index contributed by atoms with van der Waals surface area (Å²) >= 11 is 5.89. The molecule has 1 aliphatic heterocycles. The van der Waals surface area contributed by atoms with Gasteiger partial charge in [0.1, 0.15) is 11.6 Å². The minimum atomic E-state index is -0.411. The molecular weight excluding hydrogens is 417 g/mol. The zero-order valence-electron chi connectivity index (χ0n) is 18.2. The third-order valence-corrected chi connectivity index (χ3v) is 6.82. The highest BCUT2D eigenvalue weighted by atomic mass is 35.5. The molecule has 1 aliphatic carbocycles. The molecule has 8 heteroatoms. The third kappa shape index (κ3) is 4.94. The van der Waals surface area contributed by atoms with E-state index in [1.54, 1.807) is 12.3 Å². The van der Waals surface area contributed by atoms with Crippen LogP contribution in [-0.4, -0.2) is 45.8 Å². The summed E-state index contributed by atoms with van der Waals surface area (Å²) in [5, 5.41) is 11.0. The Labute approximate surface area is 188 Å². The molecular formula is C23H31ClFN5O. The van der Waals surface area contributed by atoms with Crippen molar-refractivity contribution in [1.82, 2.24) is 20.0 Å². The Morgan fingerprint density at radius 3 is 2.74 bits per heavy atom. The molecule has 6 nitrogen and oxygen atoms in total. The number of carbonyl (C=O) groups is 1. The monoisotopic (exact) mass is 447 g/mol. The molecule has 0 radical (unpaired) electrons. The molecule has 2 N–H and O–H groups in total. The lowest BCUT2D eigenvalue weighted by molar-refractivity contribution is -0.115. The lowest BCUT2D eigenvalue weighted by Gasteiger charge is -2.32. The van der Waals surface area contributed by atoms with Gasteiger partial charge in [0.15, 0.2) is 0 Å². The van der Waals surface area contributed by atoms with Crippen LogP contribution in [-0.2, 0) is 4.79 Å². The minimum absolute atomic E-state index is 0.0106. The number of hydrogen-bond acceptors (Lipinski definition) is 4. The van der Waals surface area contributed by atoms with Gasteiger partial charge >= 0.3 is 0 Å². The van der Waals surface area contributed by atoms with Gasteiger partial charge in [0.05, 0.1) is 29.8 Å². The van der Waals surface area contributed by atoms with E-state index in [2.05, 4.69) is 34.5 Å². The molecule has 168 valence electrons. The second-order valence-corrected chi connectivity index (χ2v) is 9.28. The first-order valence-corrected chi connectivity index (χ1v) is 11.6. The highest BCUT2D eigenvalue weighted by molar-refractivity contribution is 6.30. The SMILES string of the molecule is CC(C)N1CC[C@@H](NCC(=O)Nc2ccnn2C2CCCC2)[C@@H]1c1ccc(Cl)c(F)c1. The predicted molar refractivity (Wildman–Crippen MR) is 121 cm³/mol. The van der Waals surface area contributed by atoms with Gasteiger partial charge < -0.3 is 10.6 Å². The number of benzene rings is 1. The van der Waals surface area contributed by atoms with Crippen LogP contribution in [0.1, 0.15) is 63.6 Å². The Morgan fingerprint density at radius 1 is 1.26 bits per heavy atom. The molecule has 1 amide bonds. The maximum absolute atomic E-state index is 14.1. The topological polar surface area (TPSA) is 62.2 Å². The second kappa shape index (κ2) is 9.67. The molecule has 2 fully saturated rings. The Bertz CT molecular complexity index is 911. The number of carbonyl (C=O) groups excluding carboxylic acids is 1. The van der Waals surface area contributed by atoms with Crippen LogP contribution in [0.3, 0.4) is 0 Å². The third-order valence-electron chi connectivity index (χ3n) is 6.52. The quantitative estimate of drug-likeness (QED) is 0.654. The standard InChI is InChI=1S/C23H31ClFN5O/c1-15(2)29-12-10-20(23(29)16-7-8-18(24)19(25)13-16)26-14-22(31)28-21-9-11-27-30(21)17-5-3-4-6-17/h7-9,11,13,15,17,20,23,26H,3-6,10,12,14H2,1-2H3,(H,28,31)/t20-,23+/m1/s1. The number of rotatable bonds is 7. The molecule has 2 heterocycles. The van der Waals surface area contributed by atoms with E-state index in [1.165, 1.54) is 18.9 Å². The van der Waals surface area contributed by atoms with Crippen LogP contribution in [0.25, 0.3) is 0 Å². The largest absolute Gasteiger partial charge is 0.310 e. The van der Waals surface area contributed by atoms with E-state index in [-0.39, 0.29) is 29.6 Å². The minimum Gasteiger partial charge on any atom is -0.310 e. The van der Waals surface area contributed by atoms with Gasteiger partial charge in [-0.1, -0.05) is 30.5 Å². The first-order valence-electron chi connectivity index (χ1n) is 11.2. The van der Waals surface area contributed by atoms with Crippen LogP contribution in [0.15, 0.2) is 30.5 Å². The maximum Gasteiger partial charge on any atom is 0.239 e. The number of nitrogens with zero attached hydrogens (tertiary/aromatic N) is 3. The fraction of sp³-hybridized carbons (Fsp3) is 0.565. The van der Waals surface area contributed by atoms with Gasteiger partial charge in [0, 0.05) is 24.7 Å². The Kier molecular flexibility index (Phi) is 6.94. The zero-order valence-corrected chi connectivity index (χ0v) is 18.9. The molecule has 0 bridgehead atoms. The molecule has 2 aliphatic rings. The lowest BCUT2D eigenvalue weighted by atomic mass is 9.99. The first-order chi connectivity index (χ1) is 14.9. The van der Waals surface area contributed by atoms with E-state index in [4.69, 9.17) is 11.6 Å². The number of halogens is 2. The van der Waals surface area contributed by atoms with Crippen molar-refractivity contribution in [2.75, 3.05) is 18.4 Å². The highest BCUT2D eigenvalue weighted by Gasteiger charge is 2.37. The van der Waals surface area contributed by atoms with Crippen LogP contribution in [0.2, 0.25) is 5.02 Å². The van der Waals surface area contributed by atoms with Gasteiger partial charge in [-0.2, -0.15) is 5.10 Å². The summed E-state index contributed by atoms with van der Waals surface area (Å²) in [5.74, 6) is 0.250. The van der Waals surface area contributed by atoms with E-state index in [9.17, 15) is 9.18 Å². The van der Waals surface area contributed by atoms with E-state index in [0.29, 0.717) is 12.1 Å². The second-order valence-electron chi connectivity index (χ2n) is 8.87. The molecule has 0 unspecified atom stereocenters. The van der Waals surface area contributed by atoms with Gasteiger partial charge in [0.2, 0.25) is 5.91 Å². The van der Waals surface area contributed by atoms with Crippen molar-refractivity contribution in [3.8, 4) is 0 Å². The van der Waals surface area contributed by atoms with E-state index in [1.807, 2.05) is 16.8 Å². The first kappa shape index (κ1) is 22.2. The number of aromatic nitrogens is 2. The van der Waals surface area contributed by atoms with Gasteiger partial charge in [-0.15, -0.1) is 0 Å². The van der Waals surface area contributed by atoms with Crippen LogP contribution >= 0.6 is 11.6 Å². The number of hydrogen-bond donors (Lipinski definition) is 2. The number of anilines is 1. The maximum atomic E-state index is 14.1. The van der Waals surface area contributed by atoms with Crippen molar-refractivity contribution < 1.29 is 9.18 Å². The summed E-state index contributed by atoms with van der Waals surface area (Å²) in [5.41, 5.74) is 0.880. The van der Waals surface area contributed by atoms with Crippen LogP contribution in [0.4, 0.5) is 10.2 Å². The van der Waals surface area contributed by atoms with Gasteiger partial charge in [-0.3, -0.25) is 9.69 Å². The number of nitrogens with one attached hydrogen (secondary N) is 2. The summed E-state index contributed by atoms with van der Waals surface area (Å²) in [6.07, 6.45) is 7.26. The predicted octanol–water partition coefficient (Wildman–Crippen LogP) is 4.54. The van der Waals surface area contributed by atoms with Crippen molar-refractivity contribution in [1.29, 1.82) is 0 Å². The normalized spacial score (nSPS) is 22.5. The summed E-state index contributed by atoms with van der Waals surface area (Å²) in [7, 11) is 0. The Balaban J connectivity index is 1.41. The molecule has 0 spiro atoms. The van der Waals surface area contributed by atoms with E-state index >= 15 is 0 Å². The van der Waals surface area contributed by atoms with Crippen molar-refractivity contribution >= 4 is 23.3 Å². The molecule has 1 saturated heterocycles.